The van der Waals surface area contributed by atoms with Gasteiger partial charge in [-0.2, -0.15) is 0 Å². The lowest BCUT2D eigenvalue weighted by atomic mass is 10.2. The molecule has 104 valence electrons. The molecule has 0 aliphatic carbocycles. The Bertz CT molecular complexity index is 455. The second kappa shape index (κ2) is 6.39. The Kier molecular flexibility index (Phi) is 4.82. The predicted octanol–water partition coefficient (Wildman–Crippen LogP) is 2.40. The third kappa shape index (κ3) is 3.28. The number of amides is 1. The van der Waals surface area contributed by atoms with Crippen LogP contribution in [0.3, 0.4) is 0 Å². The van der Waals surface area contributed by atoms with E-state index >= 15 is 0 Å². The average molecular weight is 282 g/mol. The summed E-state index contributed by atoms with van der Waals surface area (Å²) in [4.78, 5) is 14.0. The van der Waals surface area contributed by atoms with Gasteiger partial charge >= 0.3 is 0 Å². The molecule has 1 aromatic rings. The van der Waals surface area contributed by atoms with Crippen LogP contribution in [0.2, 0.25) is 0 Å². The summed E-state index contributed by atoms with van der Waals surface area (Å²) in [5.41, 5.74) is 0.868. The van der Waals surface area contributed by atoms with Crippen LogP contribution in [-0.2, 0) is 4.79 Å². The molecule has 0 aromatic heterocycles. The van der Waals surface area contributed by atoms with E-state index in [4.69, 9.17) is 0 Å². The summed E-state index contributed by atoms with van der Waals surface area (Å²) in [5, 5.41) is 2.96. The fourth-order valence-corrected chi connectivity index (χ4v) is 3.54. The van der Waals surface area contributed by atoms with Crippen LogP contribution in [0.25, 0.3) is 0 Å². The van der Waals surface area contributed by atoms with Crippen LogP contribution in [0.1, 0.15) is 24.3 Å². The molecule has 1 fully saturated rings. The van der Waals surface area contributed by atoms with Crippen LogP contribution in [-0.4, -0.2) is 36.2 Å². The molecule has 2 rings (SSSR count). The van der Waals surface area contributed by atoms with Crippen LogP contribution in [0, 0.1) is 5.82 Å². The van der Waals surface area contributed by atoms with Crippen molar-refractivity contribution in [1.29, 1.82) is 0 Å². The number of carbonyl (C=O) groups excluding carboxylic acids is 1. The summed E-state index contributed by atoms with van der Waals surface area (Å²) in [6.45, 7) is 3.49. The molecule has 1 heterocycles. The molecule has 1 aliphatic heterocycles. The first-order valence-electron chi connectivity index (χ1n) is 6.49. The Morgan fingerprint density at radius 3 is 2.95 bits per heavy atom. The van der Waals surface area contributed by atoms with Crippen molar-refractivity contribution >= 4 is 17.7 Å². The third-order valence-electron chi connectivity index (χ3n) is 3.21. The van der Waals surface area contributed by atoms with E-state index < -0.39 is 0 Å². The normalized spacial score (nSPS) is 23.1. The van der Waals surface area contributed by atoms with E-state index in [9.17, 15) is 9.18 Å². The summed E-state index contributed by atoms with van der Waals surface area (Å²) in [5.74, 6) is -0.101. The third-order valence-corrected chi connectivity index (χ3v) is 4.60. The van der Waals surface area contributed by atoms with E-state index in [1.54, 1.807) is 17.8 Å². The molecule has 1 aliphatic rings. The van der Waals surface area contributed by atoms with Gasteiger partial charge in [-0.15, -0.1) is 11.8 Å². The Morgan fingerprint density at radius 2 is 2.26 bits per heavy atom. The molecule has 3 nitrogen and oxygen atoms in total. The smallest absolute Gasteiger partial charge is 0.236 e. The lowest BCUT2D eigenvalue weighted by molar-refractivity contribution is -0.129. The first kappa shape index (κ1) is 14.3. The van der Waals surface area contributed by atoms with Crippen LogP contribution in [0.5, 0.6) is 0 Å². The highest BCUT2D eigenvalue weighted by Crippen LogP contribution is 2.42. The zero-order valence-electron chi connectivity index (χ0n) is 11.2. The molecule has 0 saturated carbocycles. The van der Waals surface area contributed by atoms with Gasteiger partial charge in [-0.1, -0.05) is 12.1 Å². The zero-order valence-corrected chi connectivity index (χ0v) is 12.0. The molecule has 19 heavy (non-hydrogen) atoms. The largest absolute Gasteiger partial charge is 0.326 e. The quantitative estimate of drug-likeness (QED) is 0.842. The highest BCUT2D eigenvalue weighted by molar-refractivity contribution is 8.01. The van der Waals surface area contributed by atoms with Crippen molar-refractivity contribution in [1.82, 2.24) is 10.2 Å². The molecule has 1 amide bonds. The maximum absolute atomic E-state index is 13.3. The Balaban J connectivity index is 2.15. The molecule has 1 aromatic carbocycles. The second-order valence-corrected chi connectivity index (χ2v) is 6.10. The van der Waals surface area contributed by atoms with Crippen LogP contribution < -0.4 is 5.32 Å². The molecule has 2 atom stereocenters. The maximum Gasteiger partial charge on any atom is 0.236 e. The van der Waals surface area contributed by atoms with Crippen molar-refractivity contribution in [2.24, 2.45) is 0 Å². The highest BCUT2D eigenvalue weighted by atomic mass is 32.2. The van der Waals surface area contributed by atoms with Gasteiger partial charge in [0, 0.05) is 6.54 Å². The Labute approximate surface area is 117 Å². The minimum atomic E-state index is -0.250. The van der Waals surface area contributed by atoms with E-state index in [1.165, 1.54) is 12.1 Å². The maximum atomic E-state index is 13.3. The van der Waals surface area contributed by atoms with Gasteiger partial charge in [-0.3, -0.25) is 4.79 Å². The average Bonchev–Trinajstić information content (AvgIpc) is 2.67. The Morgan fingerprint density at radius 1 is 1.47 bits per heavy atom. The lowest BCUT2D eigenvalue weighted by Gasteiger charge is -2.24. The van der Waals surface area contributed by atoms with E-state index in [0.717, 1.165) is 18.5 Å². The van der Waals surface area contributed by atoms with Gasteiger partial charge in [0.05, 0.1) is 5.25 Å². The van der Waals surface area contributed by atoms with Gasteiger partial charge in [-0.05, 0) is 44.6 Å². The molecular weight excluding hydrogens is 263 g/mol. The van der Waals surface area contributed by atoms with Gasteiger partial charge in [0.15, 0.2) is 0 Å². The van der Waals surface area contributed by atoms with Crippen molar-refractivity contribution in [3.63, 3.8) is 0 Å². The SMILES string of the molecule is CNCCCN1C(=O)[C@H](C)S[C@H]1c1cccc(F)c1. The Hall–Kier alpha value is -1.07. The summed E-state index contributed by atoms with van der Waals surface area (Å²) in [7, 11) is 1.90. The van der Waals surface area contributed by atoms with Crippen LogP contribution >= 0.6 is 11.8 Å². The second-order valence-electron chi connectivity index (χ2n) is 4.67. The number of thioether (sulfide) groups is 1. The van der Waals surface area contributed by atoms with Gasteiger partial charge in [-0.25, -0.2) is 4.39 Å². The van der Waals surface area contributed by atoms with Crippen molar-refractivity contribution in [2.75, 3.05) is 20.1 Å². The number of hydrogen-bond donors (Lipinski definition) is 1. The first-order valence-corrected chi connectivity index (χ1v) is 7.43. The van der Waals surface area contributed by atoms with Gasteiger partial charge < -0.3 is 10.2 Å². The van der Waals surface area contributed by atoms with Crippen LogP contribution in [0.15, 0.2) is 24.3 Å². The number of halogens is 1. The van der Waals surface area contributed by atoms with Gasteiger partial charge in [0.2, 0.25) is 5.91 Å². The molecule has 0 spiro atoms. The number of nitrogens with zero attached hydrogens (tertiary/aromatic N) is 1. The van der Waals surface area contributed by atoms with E-state index in [0.29, 0.717) is 6.54 Å². The molecular formula is C14H19FN2OS. The van der Waals surface area contributed by atoms with E-state index in [1.807, 2.05) is 24.9 Å². The van der Waals surface area contributed by atoms with Crippen molar-refractivity contribution in [2.45, 2.75) is 24.0 Å². The predicted molar refractivity (Wildman–Crippen MR) is 76.5 cm³/mol. The van der Waals surface area contributed by atoms with Crippen molar-refractivity contribution in [3.05, 3.63) is 35.6 Å². The fraction of sp³-hybridized carbons (Fsp3) is 0.500. The molecule has 0 unspecified atom stereocenters. The molecule has 5 heteroatoms. The van der Waals surface area contributed by atoms with E-state index in [2.05, 4.69) is 5.32 Å². The zero-order chi connectivity index (χ0) is 13.8. The minimum absolute atomic E-state index is 0.0529. The first-order chi connectivity index (χ1) is 9.13. The number of rotatable bonds is 5. The van der Waals surface area contributed by atoms with Crippen LogP contribution in [0.4, 0.5) is 4.39 Å². The molecule has 1 N–H and O–H groups in total. The highest BCUT2D eigenvalue weighted by Gasteiger charge is 2.37. The topological polar surface area (TPSA) is 32.3 Å². The summed E-state index contributed by atoms with van der Waals surface area (Å²) >= 11 is 1.59. The summed E-state index contributed by atoms with van der Waals surface area (Å²) in [6.07, 6.45) is 0.904. The van der Waals surface area contributed by atoms with Gasteiger partial charge in [0.25, 0.3) is 0 Å². The number of nitrogens with one attached hydrogen (secondary N) is 1. The van der Waals surface area contributed by atoms with Crippen molar-refractivity contribution in [3.8, 4) is 0 Å². The number of carbonyl (C=O) groups is 1. The molecule has 1 saturated heterocycles. The fourth-order valence-electron chi connectivity index (χ4n) is 2.25. The number of hydrogen-bond acceptors (Lipinski definition) is 3. The number of benzene rings is 1. The lowest BCUT2D eigenvalue weighted by Crippen LogP contribution is -2.32. The van der Waals surface area contributed by atoms with E-state index in [-0.39, 0.29) is 22.3 Å². The standard InChI is InChI=1S/C14H19FN2OS/c1-10-13(18)17(8-4-7-16-2)14(19-10)11-5-3-6-12(15)9-11/h3,5-6,9-10,14,16H,4,7-8H2,1-2H3/t10-,14-/m0/s1. The summed E-state index contributed by atoms with van der Waals surface area (Å²) < 4.78 is 13.3. The molecule has 0 bridgehead atoms. The van der Waals surface area contributed by atoms with Crippen molar-refractivity contribution < 1.29 is 9.18 Å². The molecule has 0 radical (unpaired) electrons. The monoisotopic (exact) mass is 282 g/mol. The minimum Gasteiger partial charge on any atom is -0.326 e. The summed E-state index contributed by atoms with van der Waals surface area (Å²) in [6, 6.07) is 6.54. The van der Waals surface area contributed by atoms with Gasteiger partial charge in [0.1, 0.15) is 11.2 Å².